The summed E-state index contributed by atoms with van der Waals surface area (Å²) in [6.45, 7) is 3.47. The van der Waals surface area contributed by atoms with Crippen molar-refractivity contribution in [3.05, 3.63) is 68.9 Å². The zero-order valence-corrected chi connectivity index (χ0v) is 16.7. The molecular weight excluding hydrogens is 390 g/mol. The number of rotatable bonds is 7. The highest BCUT2D eigenvalue weighted by molar-refractivity contribution is 5.86. The number of nitrogens with one attached hydrogen (secondary N) is 1. The third-order valence-electron chi connectivity index (χ3n) is 4.24. The van der Waals surface area contributed by atoms with Crippen LogP contribution in [0.1, 0.15) is 19.4 Å². The molecule has 1 heterocycles. The average Bonchev–Trinajstić information content (AvgIpc) is 2.74. The fourth-order valence-electron chi connectivity index (χ4n) is 2.78. The fourth-order valence-corrected chi connectivity index (χ4v) is 2.78. The SMILES string of the molecule is CCOC(=O)[C@H](C)Oc1c(C=Nn2c(=O)[nH]c3ccccc3c2=O)cccc1OC. The van der Waals surface area contributed by atoms with E-state index in [0.717, 1.165) is 4.68 Å². The van der Waals surface area contributed by atoms with Gasteiger partial charge in [-0.1, -0.05) is 18.2 Å². The Morgan fingerprint density at radius 1 is 1.20 bits per heavy atom. The number of hydrogen-bond donors (Lipinski definition) is 1. The molecule has 0 aliphatic carbocycles. The minimum absolute atomic E-state index is 0.223. The molecule has 3 rings (SSSR count). The molecule has 0 amide bonds. The lowest BCUT2D eigenvalue weighted by Gasteiger charge is -2.17. The Bertz CT molecular complexity index is 1210. The highest BCUT2D eigenvalue weighted by Crippen LogP contribution is 2.31. The quantitative estimate of drug-likeness (QED) is 0.470. The molecule has 1 atom stereocenters. The van der Waals surface area contributed by atoms with Gasteiger partial charge in [-0.05, 0) is 38.1 Å². The van der Waals surface area contributed by atoms with Crippen LogP contribution in [0.3, 0.4) is 0 Å². The number of esters is 1. The van der Waals surface area contributed by atoms with Crippen LogP contribution in [0.2, 0.25) is 0 Å². The number of hydrogen-bond acceptors (Lipinski definition) is 7. The van der Waals surface area contributed by atoms with Crippen LogP contribution in [0, 0.1) is 0 Å². The van der Waals surface area contributed by atoms with Crippen LogP contribution in [0.4, 0.5) is 0 Å². The second kappa shape index (κ2) is 9.08. The van der Waals surface area contributed by atoms with E-state index in [0.29, 0.717) is 22.2 Å². The number of aromatic nitrogens is 2. The molecule has 9 heteroatoms. The van der Waals surface area contributed by atoms with E-state index in [2.05, 4.69) is 10.1 Å². The zero-order valence-electron chi connectivity index (χ0n) is 16.7. The Balaban J connectivity index is 2.02. The number of benzene rings is 2. The summed E-state index contributed by atoms with van der Waals surface area (Å²) in [5.41, 5.74) is -0.409. The second-order valence-electron chi connectivity index (χ2n) is 6.23. The molecule has 1 N–H and O–H groups in total. The van der Waals surface area contributed by atoms with Gasteiger partial charge in [0, 0.05) is 5.56 Å². The van der Waals surface area contributed by atoms with Crippen molar-refractivity contribution in [1.29, 1.82) is 0 Å². The van der Waals surface area contributed by atoms with E-state index in [4.69, 9.17) is 14.2 Å². The summed E-state index contributed by atoms with van der Waals surface area (Å²) in [7, 11) is 1.46. The van der Waals surface area contributed by atoms with Gasteiger partial charge in [0.2, 0.25) is 0 Å². The number of fused-ring (bicyclic) bond motifs is 1. The first-order valence-electron chi connectivity index (χ1n) is 9.25. The summed E-state index contributed by atoms with van der Waals surface area (Å²) >= 11 is 0. The standard InChI is InChI=1S/C21H21N3O6/c1-4-29-20(26)13(2)30-18-14(8-7-11-17(18)28-3)12-22-24-19(25)15-9-5-6-10-16(15)23-21(24)27/h5-13H,4H2,1-3H3,(H,23,27)/t13-/m0/s1. The van der Waals surface area contributed by atoms with Crippen LogP contribution in [0.15, 0.2) is 57.2 Å². The molecule has 9 nitrogen and oxygen atoms in total. The molecule has 0 aliphatic rings. The maximum Gasteiger partial charge on any atom is 0.349 e. The Hall–Kier alpha value is -3.88. The lowest BCUT2D eigenvalue weighted by Crippen LogP contribution is -2.32. The number of carbonyl (C=O) groups is 1. The Labute approximate surface area is 171 Å². The van der Waals surface area contributed by atoms with Gasteiger partial charge in [-0.2, -0.15) is 5.10 Å². The largest absolute Gasteiger partial charge is 0.493 e. The van der Waals surface area contributed by atoms with E-state index in [1.807, 2.05) is 0 Å². The Morgan fingerprint density at radius 3 is 2.70 bits per heavy atom. The third-order valence-corrected chi connectivity index (χ3v) is 4.24. The van der Waals surface area contributed by atoms with Crippen LogP contribution in [-0.2, 0) is 9.53 Å². The Kier molecular flexibility index (Phi) is 6.31. The van der Waals surface area contributed by atoms with Crippen LogP contribution in [0.25, 0.3) is 10.9 Å². The lowest BCUT2D eigenvalue weighted by molar-refractivity contribution is -0.150. The number of ether oxygens (including phenoxy) is 3. The molecule has 1 aromatic heterocycles. The average molecular weight is 411 g/mol. The van der Waals surface area contributed by atoms with Gasteiger partial charge in [0.1, 0.15) is 0 Å². The maximum atomic E-state index is 12.6. The molecule has 0 fully saturated rings. The maximum absolute atomic E-state index is 12.6. The van der Waals surface area contributed by atoms with E-state index in [-0.39, 0.29) is 12.4 Å². The molecule has 0 radical (unpaired) electrons. The summed E-state index contributed by atoms with van der Waals surface area (Å²) in [5.74, 6) is 0.0536. The zero-order chi connectivity index (χ0) is 21.7. The summed E-state index contributed by atoms with van der Waals surface area (Å²) in [6, 6.07) is 11.6. The highest BCUT2D eigenvalue weighted by atomic mass is 16.6. The third kappa shape index (κ3) is 4.24. The summed E-state index contributed by atoms with van der Waals surface area (Å²) in [4.78, 5) is 39.5. The monoisotopic (exact) mass is 411 g/mol. The molecule has 30 heavy (non-hydrogen) atoms. The van der Waals surface area contributed by atoms with Crippen molar-refractivity contribution < 1.29 is 19.0 Å². The molecule has 0 unspecified atom stereocenters. The minimum Gasteiger partial charge on any atom is -0.493 e. The molecule has 156 valence electrons. The van der Waals surface area contributed by atoms with Gasteiger partial charge in [-0.3, -0.25) is 4.79 Å². The number of carbonyl (C=O) groups excluding carboxylic acids is 1. The first kappa shape index (κ1) is 20.8. The normalized spacial score (nSPS) is 12.1. The van der Waals surface area contributed by atoms with Crippen LogP contribution in [-0.4, -0.2) is 41.7 Å². The van der Waals surface area contributed by atoms with E-state index < -0.39 is 23.3 Å². The molecule has 0 saturated carbocycles. The van der Waals surface area contributed by atoms with Crippen molar-refractivity contribution in [2.75, 3.05) is 13.7 Å². The van der Waals surface area contributed by atoms with Gasteiger partial charge in [0.25, 0.3) is 5.56 Å². The summed E-state index contributed by atoms with van der Waals surface area (Å²) in [5, 5.41) is 4.36. The van der Waals surface area contributed by atoms with Crippen molar-refractivity contribution in [2.24, 2.45) is 5.10 Å². The van der Waals surface area contributed by atoms with E-state index in [1.54, 1.807) is 56.3 Å². The molecule has 3 aromatic rings. The predicted molar refractivity (Wildman–Crippen MR) is 112 cm³/mol. The van der Waals surface area contributed by atoms with Gasteiger partial charge in [0.15, 0.2) is 17.6 Å². The molecule has 2 aromatic carbocycles. The van der Waals surface area contributed by atoms with Crippen molar-refractivity contribution in [3.8, 4) is 11.5 Å². The van der Waals surface area contributed by atoms with Crippen molar-refractivity contribution in [3.63, 3.8) is 0 Å². The van der Waals surface area contributed by atoms with Crippen LogP contribution in [0.5, 0.6) is 11.5 Å². The minimum atomic E-state index is -0.903. The van der Waals surface area contributed by atoms with Gasteiger partial charge in [-0.15, -0.1) is 4.68 Å². The predicted octanol–water partition coefficient (Wildman–Crippen LogP) is 1.91. The van der Waals surface area contributed by atoms with Gasteiger partial charge >= 0.3 is 11.7 Å². The topological polar surface area (TPSA) is 112 Å². The van der Waals surface area contributed by atoms with Crippen molar-refractivity contribution in [2.45, 2.75) is 20.0 Å². The highest BCUT2D eigenvalue weighted by Gasteiger charge is 2.20. The first-order valence-corrected chi connectivity index (χ1v) is 9.25. The van der Waals surface area contributed by atoms with Gasteiger partial charge in [-0.25, -0.2) is 9.59 Å². The number of para-hydroxylation sites is 2. The Morgan fingerprint density at radius 2 is 1.97 bits per heavy atom. The number of H-pyrrole nitrogens is 1. The smallest absolute Gasteiger partial charge is 0.349 e. The lowest BCUT2D eigenvalue weighted by atomic mass is 10.2. The molecule has 0 bridgehead atoms. The molecular formula is C21H21N3O6. The summed E-state index contributed by atoms with van der Waals surface area (Å²) < 4.78 is 16.7. The van der Waals surface area contributed by atoms with E-state index >= 15 is 0 Å². The van der Waals surface area contributed by atoms with Gasteiger partial charge < -0.3 is 19.2 Å². The van der Waals surface area contributed by atoms with Crippen molar-refractivity contribution in [1.82, 2.24) is 9.66 Å². The van der Waals surface area contributed by atoms with Crippen LogP contribution >= 0.6 is 0 Å². The number of methoxy groups -OCH3 is 1. The van der Waals surface area contributed by atoms with E-state index in [9.17, 15) is 14.4 Å². The van der Waals surface area contributed by atoms with Crippen molar-refractivity contribution >= 4 is 23.1 Å². The van der Waals surface area contributed by atoms with Crippen LogP contribution < -0.4 is 20.7 Å². The molecule has 0 aliphatic heterocycles. The van der Waals surface area contributed by atoms with E-state index in [1.165, 1.54) is 13.3 Å². The number of nitrogens with zero attached hydrogens (tertiary/aromatic N) is 2. The summed E-state index contributed by atoms with van der Waals surface area (Å²) in [6.07, 6.45) is 0.390. The molecule has 0 saturated heterocycles. The van der Waals surface area contributed by atoms with Gasteiger partial charge in [0.05, 0.1) is 30.8 Å². The number of aromatic amines is 1. The first-order chi connectivity index (χ1) is 14.5. The molecule has 0 spiro atoms. The second-order valence-corrected chi connectivity index (χ2v) is 6.23. The fraction of sp³-hybridized carbons (Fsp3) is 0.238.